The third-order valence-electron chi connectivity index (χ3n) is 5.14. The fraction of sp³-hybridized carbons (Fsp3) is 0.0833. The lowest BCUT2D eigenvalue weighted by atomic mass is 10.1. The molecule has 12 heteroatoms. The maximum Gasteiger partial charge on any atom is 0.318 e. The molecule has 1 heterocycles. The van der Waals surface area contributed by atoms with E-state index in [4.69, 9.17) is 21.7 Å². The fourth-order valence-electron chi connectivity index (χ4n) is 3.36. The van der Waals surface area contributed by atoms with Gasteiger partial charge in [-0.2, -0.15) is 0 Å². The van der Waals surface area contributed by atoms with Gasteiger partial charge < -0.3 is 9.47 Å². The van der Waals surface area contributed by atoms with Crippen molar-refractivity contribution in [2.75, 3.05) is 12.0 Å². The molecule has 0 aliphatic carbocycles. The summed E-state index contributed by atoms with van der Waals surface area (Å²) in [6, 6.07) is 15.3. The van der Waals surface area contributed by atoms with Crippen molar-refractivity contribution in [3.8, 4) is 17.2 Å². The predicted molar refractivity (Wildman–Crippen MR) is 140 cm³/mol. The Balaban J connectivity index is 1.61. The fourth-order valence-corrected chi connectivity index (χ4v) is 4.66. The smallest absolute Gasteiger partial charge is 0.318 e. The van der Waals surface area contributed by atoms with Crippen LogP contribution in [0, 0.1) is 27.2 Å². The number of nitro groups is 2. The molecule has 1 aliphatic rings. The van der Waals surface area contributed by atoms with Crippen LogP contribution in [0.25, 0.3) is 6.08 Å². The predicted octanol–water partition coefficient (Wildman–Crippen LogP) is 6.02. The summed E-state index contributed by atoms with van der Waals surface area (Å²) in [4.78, 5) is 35.8. The summed E-state index contributed by atoms with van der Waals surface area (Å²) in [6.07, 6.45) is 1.66. The van der Waals surface area contributed by atoms with E-state index in [9.17, 15) is 25.0 Å². The lowest BCUT2D eigenvalue weighted by molar-refractivity contribution is -0.394. The number of hydrogen-bond acceptors (Lipinski definition) is 9. The van der Waals surface area contributed by atoms with Crippen LogP contribution in [0.3, 0.4) is 0 Å². The second-order valence-corrected chi connectivity index (χ2v) is 9.21. The van der Waals surface area contributed by atoms with Gasteiger partial charge in [0, 0.05) is 6.07 Å². The van der Waals surface area contributed by atoms with Crippen molar-refractivity contribution in [1.82, 2.24) is 0 Å². The molecule has 3 aromatic carbocycles. The average molecular weight is 524 g/mol. The molecule has 1 aliphatic heterocycles. The number of thioether (sulfide) groups is 1. The number of amides is 1. The van der Waals surface area contributed by atoms with Gasteiger partial charge in [-0.1, -0.05) is 47.7 Å². The second kappa shape index (κ2) is 10.1. The van der Waals surface area contributed by atoms with E-state index >= 15 is 0 Å². The minimum Gasteiger partial charge on any atom is -0.493 e. The summed E-state index contributed by atoms with van der Waals surface area (Å²) < 4.78 is 11.4. The van der Waals surface area contributed by atoms with Gasteiger partial charge in [0.2, 0.25) is 5.75 Å². The molecule has 0 atom stereocenters. The molecule has 0 aromatic heterocycles. The van der Waals surface area contributed by atoms with Crippen LogP contribution < -0.4 is 14.4 Å². The quantitative estimate of drug-likeness (QED) is 0.158. The van der Waals surface area contributed by atoms with Crippen molar-refractivity contribution < 1.29 is 24.1 Å². The van der Waals surface area contributed by atoms with E-state index < -0.39 is 21.2 Å². The highest BCUT2D eigenvalue weighted by Gasteiger charge is 2.33. The molecular formula is C24H17N3O7S2. The first-order chi connectivity index (χ1) is 17.2. The zero-order valence-electron chi connectivity index (χ0n) is 18.9. The summed E-state index contributed by atoms with van der Waals surface area (Å²) in [6.45, 7) is 1.95. The van der Waals surface area contributed by atoms with E-state index in [2.05, 4.69) is 0 Å². The van der Waals surface area contributed by atoms with E-state index in [1.54, 1.807) is 18.2 Å². The first-order valence-corrected chi connectivity index (χ1v) is 11.5. The summed E-state index contributed by atoms with van der Waals surface area (Å²) >= 11 is 6.58. The Morgan fingerprint density at radius 3 is 2.28 bits per heavy atom. The van der Waals surface area contributed by atoms with Crippen LogP contribution in [0.1, 0.15) is 11.1 Å². The van der Waals surface area contributed by atoms with Crippen LogP contribution in [-0.4, -0.2) is 27.2 Å². The van der Waals surface area contributed by atoms with Gasteiger partial charge in [0.25, 0.3) is 11.6 Å². The monoisotopic (exact) mass is 523 g/mol. The molecule has 0 spiro atoms. The lowest BCUT2D eigenvalue weighted by Gasteiger charge is -2.14. The Bertz CT molecular complexity index is 1440. The highest BCUT2D eigenvalue weighted by atomic mass is 32.2. The first kappa shape index (κ1) is 24.8. The molecule has 1 saturated heterocycles. The Morgan fingerprint density at radius 2 is 1.64 bits per heavy atom. The van der Waals surface area contributed by atoms with Gasteiger partial charge in [-0.05, 0) is 48.9 Å². The number of methoxy groups -OCH3 is 1. The summed E-state index contributed by atoms with van der Waals surface area (Å²) in [7, 11) is 1.40. The Hall–Kier alpha value is -4.29. The normalized spacial score (nSPS) is 14.3. The third kappa shape index (κ3) is 5.04. The standard InChI is InChI=1S/C24H17N3O7S2/c1-14-3-6-16(7-4-14)25-23(28)22(36-24(25)35)12-15-5-9-20(21(11-15)33-2)34-19-10-8-17(26(29)30)13-18(19)27(31)32/h3-13H,1-2H3/b22-12-. The number of non-ortho nitro benzene ring substituents is 1. The molecule has 0 N–H and O–H groups in total. The van der Waals surface area contributed by atoms with Gasteiger partial charge in [-0.25, -0.2) is 0 Å². The van der Waals surface area contributed by atoms with Crippen LogP contribution in [0.15, 0.2) is 65.6 Å². The SMILES string of the molecule is COc1cc(/C=C2\SC(=S)N(c3ccc(C)cc3)C2=O)ccc1Oc1ccc([N+](=O)[O-])cc1[N+](=O)[O-]. The van der Waals surface area contributed by atoms with Gasteiger partial charge in [-0.15, -0.1) is 0 Å². The van der Waals surface area contributed by atoms with Gasteiger partial charge in [0.1, 0.15) is 0 Å². The van der Waals surface area contributed by atoms with Crippen molar-refractivity contribution in [2.45, 2.75) is 6.92 Å². The van der Waals surface area contributed by atoms with Crippen LogP contribution >= 0.6 is 24.0 Å². The Morgan fingerprint density at radius 1 is 0.944 bits per heavy atom. The summed E-state index contributed by atoms with van der Waals surface area (Å²) in [5.41, 5.74) is 1.36. The number of thiocarbonyl (C=S) groups is 1. The van der Waals surface area contributed by atoms with Crippen LogP contribution in [0.5, 0.6) is 17.2 Å². The Kier molecular flexibility index (Phi) is 6.99. The van der Waals surface area contributed by atoms with Gasteiger partial charge in [-0.3, -0.25) is 29.9 Å². The molecule has 4 rings (SSSR count). The molecule has 36 heavy (non-hydrogen) atoms. The van der Waals surface area contributed by atoms with Crippen LogP contribution in [0.2, 0.25) is 0 Å². The number of ether oxygens (including phenoxy) is 2. The van der Waals surface area contributed by atoms with Crippen molar-refractivity contribution in [3.63, 3.8) is 0 Å². The number of nitro benzene ring substituents is 2. The third-order valence-corrected chi connectivity index (χ3v) is 6.44. The molecule has 182 valence electrons. The molecule has 3 aromatic rings. The van der Waals surface area contributed by atoms with Crippen molar-refractivity contribution >= 4 is 57.3 Å². The molecule has 10 nitrogen and oxygen atoms in total. The maximum absolute atomic E-state index is 13.0. The van der Waals surface area contributed by atoms with E-state index in [0.717, 1.165) is 23.8 Å². The average Bonchev–Trinajstić information content (AvgIpc) is 3.13. The number of rotatable bonds is 7. The van der Waals surface area contributed by atoms with Gasteiger partial charge in [0.15, 0.2) is 15.8 Å². The first-order valence-electron chi connectivity index (χ1n) is 10.3. The van der Waals surface area contributed by atoms with E-state index in [1.807, 2.05) is 31.2 Å². The summed E-state index contributed by atoms with van der Waals surface area (Å²) in [5, 5.41) is 22.4. The minimum absolute atomic E-state index is 0.152. The van der Waals surface area contributed by atoms with Gasteiger partial charge in [0.05, 0.1) is 33.6 Å². The molecule has 1 amide bonds. The second-order valence-electron chi connectivity index (χ2n) is 7.53. The largest absolute Gasteiger partial charge is 0.493 e. The van der Waals surface area contributed by atoms with Crippen LogP contribution in [0.4, 0.5) is 17.1 Å². The molecule has 0 unspecified atom stereocenters. The number of aryl methyl sites for hydroxylation is 1. The molecular weight excluding hydrogens is 506 g/mol. The zero-order chi connectivity index (χ0) is 26.0. The number of carbonyl (C=O) groups is 1. The highest BCUT2D eigenvalue weighted by molar-refractivity contribution is 8.27. The molecule has 0 radical (unpaired) electrons. The lowest BCUT2D eigenvalue weighted by Crippen LogP contribution is -2.27. The van der Waals surface area contributed by atoms with E-state index in [-0.39, 0.29) is 23.2 Å². The summed E-state index contributed by atoms with van der Waals surface area (Å²) in [5.74, 6) is -0.0468. The number of anilines is 1. The number of nitrogens with zero attached hydrogens (tertiary/aromatic N) is 3. The molecule has 0 saturated carbocycles. The number of carbonyl (C=O) groups excluding carboxylic acids is 1. The van der Waals surface area contributed by atoms with E-state index in [1.165, 1.54) is 29.8 Å². The Labute approximate surface area is 214 Å². The number of hydrogen-bond donors (Lipinski definition) is 0. The minimum atomic E-state index is -0.765. The number of benzene rings is 3. The van der Waals surface area contributed by atoms with Crippen molar-refractivity contribution in [2.24, 2.45) is 0 Å². The van der Waals surface area contributed by atoms with E-state index in [0.29, 0.717) is 20.5 Å². The van der Waals surface area contributed by atoms with Gasteiger partial charge >= 0.3 is 5.69 Å². The molecule has 1 fully saturated rings. The maximum atomic E-state index is 13.0. The zero-order valence-corrected chi connectivity index (χ0v) is 20.5. The van der Waals surface area contributed by atoms with Crippen molar-refractivity contribution in [1.29, 1.82) is 0 Å². The van der Waals surface area contributed by atoms with Crippen LogP contribution in [-0.2, 0) is 4.79 Å². The molecule has 0 bridgehead atoms. The topological polar surface area (TPSA) is 125 Å². The highest BCUT2D eigenvalue weighted by Crippen LogP contribution is 2.40. The van der Waals surface area contributed by atoms with Crippen molar-refractivity contribution in [3.05, 3.63) is 96.9 Å².